The summed E-state index contributed by atoms with van der Waals surface area (Å²) in [6.07, 6.45) is 1.21. The smallest absolute Gasteiger partial charge is 0.293 e. The van der Waals surface area contributed by atoms with Crippen molar-refractivity contribution in [3.8, 4) is 0 Å². The second kappa shape index (κ2) is 10.2. The van der Waals surface area contributed by atoms with Crippen LogP contribution in [0.25, 0.3) is 0 Å². The normalized spacial score (nSPS) is 10.6. The Labute approximate surface area is 172 Å². The first kappa shape index (κ1) is 21.8. The van der Waals surface area contributed by atoms with Gasteiger partial charge in [-0.2, -0.15) is 5.10 Å². The van der Waals surface area contributed by atoms with Crippen molar-refractivity contribution in [3.63, 3.8) is 0 Å². The van der Waals surface area contributed by atoms with Crippen LogP contribution in [-0.2, 0) is 9.59 Å². The van der Waals surface area contributed by atoms with Crippen LogP contribution in [0.4, 0.5) is 17.1 Å². The van der Waals surface area contributed by atoms with E-state index in [1.54, 1.807) is 55.4 Å². The molecule has 2 aromatic carbocycles. The molecule has 0 saturated carbocycles. The summed E-state index contributed by atoms with van der Waals surface area (Å²) in [5.74, 6) is -0.789. The number of hydrogen-bond donors (Lipinski definition) is 2. The molecule has 0 aliphatic rings. The lowest BCUT2D eigenvalue weighted by Crippen LogP contribution is -2.20. The molecule has 2 rings (SSSR count). The van der Waals surface area contributed by atoms with Gasteiger partial charge in [-0.05, 0) is 24.3 Å². The lowest BCUT2D eigenvalue weighted by molar-refractivity contribution is -0.384. The van der Waals surface area contributed by atoms with E-state index in [1.807, 2.05) is 0 Å². The molecule has 0 aliphatic carbocycles. The lowest BCUT2D eigenvalue weighted by atomic mass is 10.2. The molecule has 2 N–H and O–H groups in total. The molecular formula is C19H20ClN5O4. The average molecular weight is 418 g/mol. The molecule has 0 saturated heterocycles. The summed E-state index contributed by atoms with van der Waals surface area (Å²) in [4.78, 5) is 36.0. The number of nitrogens with one attached hydrogen (secondary N) is 2. The third kappa shape index (κ3) is 6.89. The van der Waals surface area contributed by atoms with Gasteiger partial charge in [0.05, 0.1) is 11.1 Å². The first-order valence-corrected chi connectivity index (χ1v) is 8.97. The second-order valence-corrected chi connectivity index (χ2v) is 6.69. The number of hydrogen-bond acceptors (Lipinski definition) is 6. The van der Waals surface area contributed by atoms with E-state index < -0.39 is 10.8 Å². The van der Waals surface area contributed by atoms with Crippen molar-refractivity contribution in [2.45, 2.75) is 12.8 Å². The topological polar surface area (TPSA) is 117 Å². The number of carbonyl (C=O) groups excluding carboxylic acids is 2. The SMILES string of the molecule is CN(C)c1ccc(C=NNC(=O)CCC(=O)Nc2cccc(Cl)c2)cc1[N+](=O)[O-]. The highest BCUT2D eigenvalue weighted by Crippen LogP contribution is 2.27. The van der Waals surface area contributed by atoms with Crippen LogP contribution in [0.3, 0.4) is 0 Å². The fourth-order valence-electron chi connectivity index (χ4n) is 2.40. The van der Waals surface area contributed by atoms with E-state index >= 15 is 0 Å². The number of amides is 2. The zero-order valence-electron chi connectivity index (χ0n) is 15.9. The maximum Gasteiger partial charge on any atom is 0.293 e. The fourth-order valence-corrected chi connectivity index (χ4v) is 2.59. The van der Waals surface area contributed by atoms with E-state index in [0.717, 1.165) is 0 Å². The summed E-state index contributed by atoms with van der Waals surface area (Å²) in [5.41, 5.74) is 3.69. The predicted molar refractivity (Wildman–Crippen MR) is 112 cm³/mol. The summed E-state index contributed by atoms with van der Waals surface area (Å²) >= 11 is 5.84. The molecule has 0 heterocycles. The van der Waals surface area contributed by atoms with Gasteiger partial charge in [-0.1, -0.05) is 23.7 Å². The van der Waals surface area contributed by atoms with Crippen molar-refractivity contribution < 1.29 is 14.5 Å². The van der Waals surface area contributed by atoms with Gasteiger partial charge in [-0.3, -0.25) is 19.7 Å². The van der Waals surface area contributed by atoms with E-state index in [1.165, 1.54) is 12.3 Å². The third-order valence-electron chi connectivity index (χ3n) is 3.77. The van der Waals surface area contributed by atoms with E-state index in [4.69, 9.17) is 11.6 Å². The number of nitro benzene ring substituents is 1. The van der Waals surface area contributed by atoms with Crippen molar-refractivity contribution in [2.24, 2.45) is 5.10 Å². The van der Waals surface area contributed by atoms with Crippen LogP contribution in [0.5, 0.6) is 0 Å². The van der Waals surface area contributed by atoms with Crippen LogP contribution >= 0.6 is 11.6 Å². The number of halogens is 1. The molecule has 0 fully saturated rings. The molecular weight excluding hydrogens is 398 g/mol. The largest absolute Gasteiger partial charge is 0.372 e. The molecule has 0 unspecified atom stereocenters. The van der Waals surface area contributed by atoms with Crippen LogP contribution in [0.1, 0.15) is 18.4 Å². The van der Waals surface area contributed by atoms with E-state index in [9.17, 15) is 19.7 Å². The van der Waals surface area contributed by atoms with Gasteiger partial charge in [0.15, 0.2) is 0 Å². The number of nitrogens with zero attached hydrogens (tertiary/aromatic N) is 3. The Morgan fingerprint density at radius 1 is 1.17 bits per heavy atom. The Morgan fingerprint density at radius 2 is 1.90 bits per heavy atom. The Balaban J connectivity index is 1.85. The maximum atomic E-state index is 11.9. The predicted octanol–water partition coefficient (Wildman–Crippen LogP) is 3.18. The number of rotatable bonds is 8. The van der Waals surface area contributed by atoms with Gasteiger partial charge in [0.25, 0.3) is 5.69 Å². The number of benzene rings is 2. The molecule has 29 heavy (non-hydrogen) atoms. The second-order valence-electron chi connectivity index (χ2n) is 6.25. The first-order chi connectivity index (χ1) is 13.8. The van der Waals surface area contributed by atoms with Crippen molar-refractivity contribution in [1.29, 1.82) is 0 Å². The summed E-state index contributed by atoms with van der Waals surface area (Å²) in [6, 6.07) is 11.3. The molecule has 2 aromatic rings. The summed E-state index contributed by atoms with van der Waals surface area (Å²) < 4.78 is 0. The summed E-state index contributed by atoms with van der Waals surface area (Å²) in [5, 5.41) is 18.1. The van der Waals surface area contributed by atoms with Crippen molar-refractivity contribution in [3.05, 3.63) is 63.2 Å². The minimum absolute atomic E-state index is 0.0309. The van der Waals surface area contributed by atoms with Crippen LogP contribution in [0, 0.1) is 10.1 Å². The molecule has 0 bridgehead atoms. The highest BCUT2D eigenvalue weighted by Gasteiger charge is 2.15. The first-order valence-electron chi connectivity index (χ1n) is 8.59. The molecule has 0 radical (unpaired) electrons. The zero-order chi connectivity index (χ0) is 21.4. The molecule has 2 amide bonds. The molecule has 10 heteroatoms. The van der Waals surface area contributed by atoms with Gasteiger partial charge >= 0.3 is 0 Å². The molecule has 0 spiro atoms. The van der Waals surface area contributed by atoms with Gasteiger partial charge in [0, 0.05) is 49.3 Å². The summed E-state index contributed by atoms with van der Waals surface area (Å²) in [6.45, 7) is 0. The van der Waals surface area contributed by atoms with E-state index in [0.29, 0.717) is 22.0 Å². The molecule has 152 valence electrons. The molecule has 0 aliphatic heterocycles. The molecule has 9 nitrogen and oxygen atoms in total. The van der Waals surface area contributed by atoms with E-state index in [2.05, 4.69) is 15.8 Å². The summed E-state index contributed by atoms with van der Waals surface area (Å²) in [7, 11) is 3.41. The zero-order valence-corrected chi connectivity index (χ0v) is 16.6. The number of carbonyl (C=O) groups is 2. The van der Waals surface area contributed by atoms with Gasteiger partial charge in [-0.15, -0.1) is 0 Å². The van der Waals surface area contributed by atoms with E-state index in [-0.39, 0.29) is 24.4 Å². The van der Waals surface area contributed by atoms with Crippen LogP contribution < -0.4 is 15.6 Å². The van der Waals surface area contributed by atoms with Gasteiger partial charge in [0.1, 0.15) is 5.69 Å². The average Bonchev–Trinajstić information content (AvgIpc) is 2.66. The Kier molecular flexibility index (Phi) is 7.67. The highest BCUT2D eigenvalue weighted by atomic mass is 35.5. The molecule has 0 atom stereocenters. The van der Waals surface area contributed by atoms with Crippen LogP contribution in [-0.4, -0.2) is 37.0 Å². The van der Waals surface area contributed by atoms with Crippen LogP contribution in [0.15, 0.2) is 47.6 Å². The number of hydrazone groups is 1. The Hall–Kier alpha value is -3.46. The Bertz CT molecular complexity index is 946. The minimum atomic E-state index is -0.482. The maximum absolute atomic E-state index is 11.9. The Morgan fingerprint density at radius 3 is 2.55 bits per heavy atom. The van der Waals surface area contributed by atoms with Crippen molar-refractivity contribution in [1.82, 2.24) is 5.43 Å². The standard InChI is InChI=1S/C19H20ClN5O4/c1-24(2)16-7-6-13(10-17(16)25(28)29)12-21-23-19(27)9-8-18(26)22-15-5-3-4-14(20)11-15/h3-7,10-12H,8-9H2,1-2H3,(H,22,26)(H,23,27). The number of nitro groups is 1. The monoisotopic (exact) mass is 417 g/mol. The molecule has 0 aromatic heterocycles. The fraction of sp³-hybridized carbons (Fsp3) is 0.211. The van der Waals surface area contributed by atoms with Crippen molar-refractivity contribution >= 4 is 46.7 Å². The van der Waals surface area contributed by atoms with Crippen molar-refractivity contribution in [2.75, 3.05) is 24.3 Å². The van der Waals surface area contributed by atoms with Gasteiger partial charge in [-0.25, -0.2) is 5.43 Å². The highest BCUT2D eigenvalue weighted by molar-refractivity contribution is 6.30. The van der Waals surface area contributed by atoms with Crippen LogP contribution in [0.2, 0.25) is 5.02 Å². The number of anilines is 2. The lowest BCUT2D eigenvalue weighted by Gasteiger charge is -2.12. The quantitative estimate of drug-likeness (QED) is 0.388. The minimum Gasteiger partial charge on any atom is -0.372 e. The van der Waals surface area contributed by atoms with Gasteiger partial charge in [0.2, 0.25) is 11.8 Å². The third-order valence-corrected chi connectivity index (χ3v) is 4.00. The van der Waals surface area contributed by atoms with Gasteiger partial charge < -0.3 is 10.2 Å².